The number of benzene rings is 1. The minimum Gasteiger partial charge on any atom is -0.462 e. The molecule has 2 unspecified atom stereocenters. The zero-order chi connectivity index (χ0) is 22.8. The topological polar surface area (TPSA) is 90.0 Å². The molecule has 0 N–H and O–H groups in total. The van der Waals surface area contributed by atoms with Crippen LogP contribution in [-0.2, 0) is 30.5 Å². The maximum absolute atomic E-state index is 14.4. The Kier molecular flexibility index (Phi) is 6.36. The highest BCUT2D eigenvalue weighted by Crippen LogP contribution is 2.36. The number of halogens is 1. The van der Waals surface area contributed by atoms with E-state index in [9.17, 15) is 23.6 Å². The van der Waals surface area contributed by atoms with E-state index >= 15 is 0 Å². The molecule has 2 aliphatic rings. The van der Waals surface area contributed by atoms with Crippen molar-refractivity contribution in [3.05, 3.63) is 46.6 Å². The van der Waals surface area contributed by atoms with Gasteiger partial charge in [-0.2, -0.15) is 0 Å². The van der Waals surface area contributed by atoms with Crippen LogP contribution < -0.4 is 0 Å². The van der Waals surface area contributed by atoms with Crippen molar-refractivity contribution in [2.24, 2.45) is 11.8 Å². The van der Waals surface area contributed by atoms with Gasteiger partial charge in [0.15, 0.2) is 0 Å². The Hall–Kier alpha value is -3.07. The van der Waals surface area contributed by atoms with Crippen molar-refractivity contribution in [2.75, 3.05) is 13.2 Å². The first-order chi connectivity index (χ1) is 15.4. The predicted octanol–water partition coefficient (Wildman–Crippen LogP) is 3.60. The number of fused-ring (bicyclic) bond motifs is 2. The quantitative estimate of drug-likeness (QED) is 0.357. The number of imide groups is 1. The maximum atomic E-state index is 14.4. The third-order valence-electron chi connectivity index (χ3n) is 5.74. The second-order valence-corrected chi connectivity index (χ2v) is 8.69. The molecule has 2 amide bonds. The summed E-state index contributed by atoms with van der Waals surface area (Å²) >= 11 is 1.07. The molecule has 32 heavy (non-hydrogen) atoms. The first kappa shape index (κ1) is 22.1. The van der Waals surface area contributed by atoms with Gasteiger partial charge in [-0.1, -0.05) is 18.2 Å². The van der Waals surface area contributed by atoms with Gasteiger partial charge in [0.25, 0.3) is 0 Å². The second-order valence-electron chi connectivity index (χ2n) is 7.64. The Balaban J connectivity index is 1.43. The molecule has 1 aromatic carbocycles. The summed E-state index contributed by atoms with van der Waals surface area (Å²) in [5, 5.41) is 0.217. The van der Waals surface area contributed by atoms with Gasteiger partial charge in [-0.3, -0.25) is 19.3 Å². The van der Waals surface area contributed by atoms with E-state index in [4.69, 9.17) is 9.47 Å². The molecule has 1 aromatic heterocycles. The van der Waals surface area contributed by atoms with E-state index in [1.54, 1.807) is 13.0 Å². The third-order valence-corrected chi connectivity index (χ3v) is 6.92. The number of ether oxygens (including phenoxy) is 2. The Morgan fingerprint density at radius 1 is 1.12 bits per heavy atom. The Bertz CT molecular complexity index is 1100. The van der Waals surface area contributed by atoms with E-state index in [2.05, 4.69) is 0 Å². The third kappa shape index (κ3) is 4.04. The van der Waals surface area contributed by atoms with Crippen molar-refractivity contribution in [3.8, 4) is 0 Å². The second kappa shape index (κ2) is 9.20. The minimum atomic E-state index is -0.649. The van der Waals surface area contributed by atoms with Gasteiger partial charge in [-0.25, -0.2) is 9.18 Å². The zero-order valence-corrected chi connectivity index (χ0v) is 18.3. The molecule has 2 heterocycles. The number of likely N-dealkylation sites (tertiary alicyclic amines) is 1. The van der Waals surface area contributed by atoms with Crippen LogP contribution in [0.15, 0.2) is 30.4 Å². The molecule has 1 saturated heterocycles. The zero-order valence-electron chi connectivity index (χ0n) is 17.5. The van der Waals surface area contributed by atoms with Gasteiger partial charge in [-0.05, 0) is 31.9 Å². The van der Waals surface area contributed by atoms with Gasteiger partial charge in [0.05, 0.1) is 24.9 Å². The molecule has 2 aromatic rings. The van der Waals surface area contributed by atoms with E-state index in [0.717, 1.165) is 16.2 Å². The lowest BCUT2D eigenvalue weighted by atomic mass is 9.85. The summed E-state index contributed by atoms with van der Waals surface area (Å²) in [6.45, 7) is 1.45. The van der Waals surface area contributed by atoms with Gasteiger partial charge in [0.2, 0.25) is 11.8 Å². The van der Waals surface area contributed by atoms with E-state index in [-0.39, 0.29) is 65.7 Å². The van der Waals surface area contributed by atoms with Crippen LogP contribution in [-0.4, -0.2) is 41.8 Å². The molecule has 1 aliphatic carbocycles. The van der Waals surface area contributed by atoms with Crippen molar-refractivity contribution >= 4 is 45.2 Å². The minimum absolute atomic E-state index is 0.0625. The van der Waals surface area contributed by atoms with Crippen LogP contribution in [0.25, 0.3) is 10.1 Å². The monoisotopic (exact) mass is 459 g/mol. The summed E-state index contributed by atoms with van der Waals surface area (Å²) in [4.78, 5) is 51.0. The van der Waals surface area contributed by atoms with Crippen molar-refractivity contribution in [3.63, 3.8) is 0 Å². The Morgan fingerprint density at radius 2 is 1.81 bits per heavy atom. The van der Waals surface area contributed by atoms with Gasteiger partial charge in [0, 0.05) is 22.2 Å². The predicted molar refractivity (Wildman–Crippen MR) is 114 cm³/mol. The Labute approximate surface area is 187 Å². The lowest BCUT2D eigenvalue weighted by Gasteiger charge is -2.14. The number of hydrogen-bond acceptors (Lipinski definition) is 7. The average Bonchev–Trinajstić information content (AvgIpc) is 3.28. The molecule has 7 nitrogen and oxygen atoms in total. The number of amides is 2. The number of esters is 2. The molecular weight excluding hydrogens is 437 g/mol. The molecule has 1 fully saturated rings. The number of thiophene rings is 1. The van der Waals surface area contributed by atoms with Crippen LogP contribution in [0.2, 0.25) is 0 Å². The lowest BCUT2D eigenvalue weighted by Crippen LogP contribution is -2.33. The number of rotatable bonds is 7. The molecule has 0 bridgehead atoms. The molecule has 0 radical (unpaired) electrons. The smallest absolute Gasteiger partial charge is 0.348 e. The van der Waals surface area contributed by atoms with E-state index in [1.165, 1.54) is 12.1 Å². The van der Waals surface area contributed by atoms with Crippen LogP contribution in [0.5, 0.6) is 0 Å². The van der Waals surface area contributed by atoms with Gasteiger partial charge in [0.1, 0.15) is 17.3 Å². The number of carbonyl (C=O) groups is 4. The number of hydrogen-bond donors (Lipinski definition) is 0. The Morgan fingerprint density at radius 3 is 2.47 bits per heavy atom. The highest BCUT2D eigenvalue weighted by molar-refractivity contribution is 7.21. The van der Waals surface area contributed by atoms with E-state index < -0.39 is 17.8 Å². The molecular formula is C23H22FNO6S. The molecule has 1 aliphatic heterocycles. The standard InChI is InChI=1S/C23H22FNO6S/c1-2-30-23(29)20-15(19-16(24)8-5-9-17(19)32-20)12-31-18(26)10-11-25-21(27)13-6-3-4-7-14(13)22(25)28/h3-5,8-9,13-14H,2,6-7,10-12H2,1H3. The number of carbonyl (C=O) groups excluding carboxylic acids is 4. The summed E-state index contributed by atoms with van der Waals surface area (Å²) in [6.07, 6.45) is 4.68. The molecule has 0 saturated carbocycles. The van der Waals surface area contributed by atoms with Crippen molar-refractivity contribution in [2.45, 2.75) is 32.8 Å². The molecule has 9 heteroatoms. The van der Waals surface area contributed by atoms with Gasteiger partial charge in [-0.15, -0.1) is 11.3 Å². The number of nitrogens with zero attached hydrogens (tertiary/aromatic N) is 1. The number of allylic oxidation sites excluding steroid dienone is 2. The van der Waals surface area contributed by atoms with Crippen molar-refractivity contribution < 1.29 is 33.0 Å². The average molecular weight is 459 g/mol. The molecule has 2 atom stereocenters. The van der Waals surface area contributed by atoms with E-state index in [1.807, 2.05) is 12.2 Å². The molecule has 4 rings (SSSR count). The largest absolute Gasteiger partial charge is 0.462 e. The van der Waals surface area contributed by atoms with Crippen LogP contribution in [0.1, 0.15) is 41.4 Å². The van der Waals surface area contributed by atoms with Crippen molar-refractivity contribution in [1.82, 2.24) is 4.90 Å². The van der Waals surface area contributed by atoms with Crippen LogP contribution in [0.3, 0.4) is 0 Å². The molecule has 168 valence electrons. The summed E-state index contributed by atoms with van der Waals surface area (Å²) in [5.41, 5.74) is 0.250. The molecule has 0 spiro atoms. The summed E-state index contributed by atoms with van der Waals surface area (Å²) in [7, 11) is 0. The highest BCUT2D eigenvalue weighted by atomic mass is 32.1. The van der Waals surface area contributed by atoms with Crippen LogP contribution in [0.4, 0.5) is 4.39 Å². The first-order valence-corrected chi connectivity index (χ1v) is 11.3. The fraction of sp³-hybridized carbons (Fsp3) is 0.391. The highest BCUT2D eigenvalue weighted by Gasteiger charge is 2.46. The SMILES string of the molecule is CCOC(=O)c1sc2cccc(F)c2c1COC(=O)CCN1C(=O)C2CC=CCC2C1=O. The fourth-order valence-electron chi connectivity index (χ4n) is 4.18. The van der Waals surface area contributed by atoms with Crippen LogP contribution >= 0.6 is 11.3 Å². The summed E-state index contributed by atoms with van der Waals surface area (Å²) in [5.74, 6) is -3.00. The summed E-state index contributed by atoms with van der Waals surface area (Å²) in [6, 6.07) is 4.49. The van der Waals surface area contributed by atoms with Crippen molar-refractivity contribution in [1.29, 1.82) is 0 Å². The maximum Gasteiger partial charge on any atom is 0.348 e. The van der Waals surface area contributed by atoms with E-state index in [0.29, 0.717) is 17.5 Å². The normalized spacial score (nSPS) is 20.0. The van der Waals surface area contributed by atoms with Crippen LogP contribution in [0, 0.1) is 17.7 Å². The lowest BCUT2D eigenvalue weighted by molar-refractivity contribution is -0.146. The fourth-order valence-corrected chi connectivity index (χ4v) is 5.30. The first-order valence-electron chi connectivity index (χ1n) is 10.4. The summed E-state index contributed by atoms with van der Waals surface area (Å²) < 4.78 is 25.3. The van der Waals surface area contributed by atoms with Gasteiger partial charge < -0.3 is 9.47 Å². The van der Waals surface area contributed by atoms with Gasteiger partial charge >= 0.3 is 11.9 Å².